The second kappa shape index (κ2) is 4.77. The Bertz CT molecular complexity index is 525. The predicted molar refractivity (Wildman–Crippen MR) is 65.3 cm³/mol. The normalized spacial score (nSPS) is 9.75. The lowest BCUT2D eigenvalue weighted by Gasteiger charge is -2.06. The second-order valence-electron chi connectivity index (χ2n) is 3.37. The zero-order valence-corrected chi connectivity index (χ0v) is 9.71. The van der Waals surface area contributed by atoms with Gasteiger partial charge in [0, 0.05) is 4.88 Å². The Morgan fingerprint density at radius 2 is 2.25 bits per heavy atom. The van der Waals surface area contributed by atoms with Crippen LogP contribution >= 0.6 is 11.3 Å². The molecule has 0 spiro atoms. The zero-order valence-electron chi connectivity index (χ0n) is 8.90. The van der Waals surface area contributed by atoms with Crippen LogP contribution in [-0.4, -0.2) is 4.98 Å². The Morgan fingerprint density at radius 1 is 1.44 bits per heavy atom. The van der Waals surface area contributed by atoms with E-state index in [1.54, 1.807) is 11.3 Å². The molecule has 1 N–H and O–H groups in total. The number of hydrogen-bond donors (Lipinski definition) is 1. The van der Waals surface area contributed by atoms with Crippen LogP contribution in [0.1, 0.15) is 16.1 Å². The number of para-hydroxylation sites is 1. The van der Waals surface area contributed by atoms with E-state index in [9.17, 15) is 0 Å². The van der Waals surface area contributed by atoms with Gasteiger partial charge in [-0.15, -0.1) is 11.3 Å². The predicted octanol–water partition coefficient (Wildman–Crippen LogP) is 2.94. The number of anilines is 1. The summed E-state index contributed by atoms with van der Waals surface area (Å²) in [4.78, 5) is 5.39. The summed E-state index contributed by atoms with van der Waals surface area (Å²) in [5.74, 6) is 0. The molecule has 2 aromatic rings. The first-order valence-corrected chi connectivity index (χ1v) is 5.81. The minimum absolute atomic E-state index is 0.671. The van der Waals surface area contributed by atoms with Crippen molar-refractivity contribution in [2.45, 2.75) is 13.5 Å². The van der Waals surface area contributed by atoms with Crippen molar-refractivity contribution < 1.29 is 0 Å². The first-order valence-electron chi connectivity index (χ1n) is 4.93. The van der Waals surface area contributed by atoms with Crippen molar-refractivity contribution in [3.8, 4) is 6.07 Å². The fraction of sp³-hybridized carbons (Fsp3) is 0.167. The third-order valence-corrected chi connectivity index (χ3v) is 3.27. The molecule has 0 aliphatic heterocycles. The van der Waals surface area contributed by atoms with Crippen molar-refractivity contribution in [2.24, 2.45) is 0 Å². The van der Waals surface area contributed by atoms with Crippen LogP contribution in [0.25, 0.3) is 0 Å². The van der Waals surface area contributed by atoms with Gasteiger partial charge in [-0.05, 0) is 19.1 Å². The number of aromatic nitrogens is 1. The number of nitriles is 1. The molecule has 1 aromatic heterocycles. The van der Waals surface area contributed by atoms with Crippen LogP contribution in [0.3, 0.4) is 0 Å². The number of hydrogen-bond acceptors (Lipinski definition) is 4. The van der Waals surface area contributed by atoms with Crippen LogP contribution in [0.5, 0.6) is 0 Å². The molecule has 1 heterocycles. The molecule has 0 fully saturated rings. The van der Waals surface area contributed by atoms with Gasteiger partial charge in [-0.2, -0.15) is 5.26 Å². The molecular formula is C12H11N3S. The van der Waals surface area contributed by atoms with Crippen molar-refractivity contribution in [2.75, 3.05) is 5.32 Å². The number of nitrogens with zero attached hydrogens (tertiary/aromatic N) is 2. The molecule has 0 aliphatic rings. The highest BCUT2D eigenvalue weighted by Gasteiger charge is 2.03. The highest BCUT2D eigenvalue weighted by molar-refractivity contribution is 7.09. The van der Waals surface area contributed by atoms with Gasteiger partial charge in [-0.1, -0.05) is 12.1 Å². The first kappa shape index (κ1) is 10.7. The number of rotatable bonds is 3. The van der Waals surface area contributed by atoms with Crippen molar-refractivity contribution in [1.82, 2.24) is 4.98 Å². The van der Waals surface area contributed by atoms with Crippen molar-refractivity contribution >= 4 is 17.0 Å². The first-order chi connectivity index (χ1) is 7.81. The Morgan fingerprint density at radius 3 is 2.94 bits per heavy atom. The van der Waals surface area contributed by atoms with E-state index in [1.807, 2.05) is 36.7 Å². The number of aryl methyl sites for hydroxylation is 1. The molecule has 0 unspecified atom stereocenters. The Hall–Kier alpha value is -1.86. The average Bonchev–Trinajstić information content (AvgIpc) is 2.72. The monoisotopic (exact) mass is 229 g/mol. The number of benzene rings is 1. The van der Waals surface area contributed by atoms with E-state index in [0.717, 1.165) is 17.9 Å². The molecule has 4 heteroatoms. The summed E-state index contributed by atoms with van der Waals surface area (Å²) >= 11 is 1.63. The topological polar surface area (TPSA) is 48.7 Å². The van der Waals surface area contributed by atoms with Crippen molar-refractivity contribution in [3.05, 3.63) is 45.9 Å². The average molecular weight is 229 g/mol. The van der Waals surface area contributed by atoms with Crippen LogP contribution in [-0.2, 0) is 6.54 Å². The summed E-state index contributed by atoms with van der Waals surface area (Å²) in [6, 6.07) is 9.67. The molecule has 0 saturated carbocycles. The fourth-order valence-corrected chi connectivity index (χ4v) is 2.12. The summed E-state index contributed by atoms with van der Waals surface area (Å²) < 4.78 is 0. The summed E-state index contributed by atoms with van der Waals surface area (Å²) in [5, 5.41) is 12.2. The Kier molecular flexibility index (Phi) is 3.18. The van der Waals surface area contributed by atoms with E-state index in [1.165, 1.54) is 4.88 Å². The largest absolute Gasteiger partial charge is 0.379 e. The van der Waals surface area contributed by atoms with E-state index in [4.69, 9.17) is 5.26 Å². The van der Waals surface area contributed by atoms with Gasteiger partial charge in [0.05, 0.1) is 29.0 Å². The minimum Gasteiger partial charge on any atom is -0.379 e. The van der Waals surface area contributed by atoms with E-state index >= 15 is 0 Å². The van der Waals surface area contributed by atoms with Gasteiger partial charge in [0.25, 0.3) is 0 Å². The quantitative estimate of drug-likeness (QED) is 0.880. The van der Waals surface area contributed by atoms with Crippen molar-refractivity contribution in [1.29, 1.82) is 5.26 Å². The summed E-state index contributed by atoms with van der Waals surface area (Å²) in [6.45, 7) is 2.71. The van der Waals surface area contributed by atoms with Crippen LogP contribution in [0.4, 0.5) is 5.69 Å². The maximum absolute atomic E-state index is 8.93. The molecule has 0 aliphatic carbocycles. The smallest absolute Gasteiger partial charge is 0.101 e. The molecular weight excluding hydrogens is 218 g/mol. The van der Waals surface area contributed by atoms with Crippen LogP contribution in [0.2, 0.25) is 0 Å². The maximum Gasteiger partial charge on any atom is 0.101 e. The lowest BCUT2D eigenvalue weighted by atomic mass is 10.2. The summed E-state index contributed by atoms with van der Waals surface area (Å²) in [5.41, 5.74) is 4.43. The Labute approximate surface area is 98.4 Å². The van der Waals surface area contributed by atoms with E-state index < -0.39 is 0 Å². The second-order valence-corrected chi connectivity index (χ2v) is 4.31. The lowest BCUT2D eigenvalue weighted by molar-refractivity contribution is 1.12. The molecule has 0 saturated heterocycles. The number of thiazole rings is 1. The van der Waals surface area contributed by atoms with Gasteiger partial charge < -0.3 is 5.32 Å². The van der Waals surface area contributed by atoms with Gasteiger partial charge in [0.15, 0.2) is 0 Å². The molecule has 80 valence electrons. The van der Waals surface area contributed by atoms with Crippen molar-refractivity contribution in [3.63, 3.8) is 0 Å². The lowest BCUT2D eigenvalue weighted by Crippen LogP contribution is -2.00. The zero-order chi connectivity index (χ0) is 11.4. The van der Waals surface area contributed by atoms with E-state index in [2.05, 4.69) is 16.4 Å². The standard InChI is InChI=1S/C12H11N3S/c1-9-12(16-8-15-9)7-14-11-5-3-2-4-10(11)6-13/h2-5,8,14H,7H2,1H3. The Balaban J connectivity index is 2.11. The maximum atomic E-state index is 8.93. The van der Waals surface area contributed by atoms with Crippen LogP contribution in [0, 0.1) is 18.3 Å². The number of nitrogens with one attached hydrogen (secondary N) is 1. The van der Waals surface area contributed by atoms with Crippen LogP contribution < -0.4 is 5.32 Å². The van der Waals surface area contributed by atoms with Gasteiger partial charge in [0.1, 0.15) is 6.07 Å². The third-order valence-electron chi connectivity index (χ3n) is 2.33. The van der Waals surface area contributed by atoms with E-state index in [0.29, 0.717) is 5.56 Å². The molecule has 0 radical (unpaired) electrons. The molecule has 0 amide bonds. The molecule has 16 heavy (non-hydrogen) atoms. The van der Waals surface area contributed by atoms with E-state index in [-0.39, 0.29) is 0 Å². The molecule has 0 atom stereocenters. The summed E-state index contributed by atoms with van der Waals surface area (Å²) in [7, 11) is 0. The van der Waals surface area contributed by atoms with Gasteiger partial charge in [0.2, 0.25) is 0 Å². The van der Waals surface area contributed by atoms with Gasteiger partial charge in [-0.25, -0.2) is 4.98 Å². The van der Waals surface area contributed by atoms with Gasteiger partial charge in [-0.3, -0.25) is 0 Å². The third kappa shape index (κ3) is 2.20. The molecule has 3 nitrogen and oxygen atoms in total. The fourth-order valence-electron chi connectivity index (χ4n) is 1.41. The minimum atomic E-state index is 0.671. The highest BCUT2D eigenvalue weighted by Crippen LogP contribution is 2.17. The molecule has 2 rings (SSSR count). The summed E-state index contributed by atoms with van der Waals surface area (Å²) in [6.07, 6.45) is 0. The molecule has 1 aromatic carbocycles. The highest BCUT2D eigenvalue weighted by atomic mass is 32.1. The SMILES string of the molecule is Cc1ncsc1CNc1ccccc1C#N. The van der Waals surface area contributed by atoms with Gasteiger partial charge >= 0.3 is 0 Å². The van der Waals surface area contributed by atoms with Crippen LogP contribution in [0.15, 0.2) is 29.8 Å². The molecule has 0 bridgehead atoms.